The number of aromatic nitrogens is 2. The molecule has 1 amide bonds. The maximum atomic E-state index is 12.2. The number of benzene rings is 1. The predicted molar refractivity (Wildman–Crippen MR) is 97.9 cm³/mol. The van der Waals surface area contributed by atoms with Gasteiger partial charge in [-0.25, -0.2) is 4.98 Å². The molecule has 0 saturated carbocycles. The van der Waals surface area contributed by atoms with Gasteiger partial charge >= 0.3 is 5.97 Å². The summed E-state index contributed by atoms with van der Waals surface area (Å²) in [6.07, 6.45) is 4.65. The zero-order valence-electron chi connectivity index (χ0n) is 14.5. The molecule has 27 heavy (non-hydrogen) atoms. The average molecular weight is 365 g/mol. The van der Waals surface area contributed by atoms with E-state index in [2.05, 4.69) is 15.3 Å². The number of hydrogen-bond acceptors (Lipinski definition) is 5. The maximum Gasteiger partial charge on any atom is 0.304 e. The van der Waals surface area contributed by atoms with Crippen LogP contribution in [0.3, 0.4) is 0 Å². The molecule has 1 unspecified atom stereocenters. The highest BCUT2D eigenvalue weighted by atomic mass is 16.4. The van der Waals surface area contributed by atoms with Crippen molar-refractivity contribution in [3.05, 3.63) is 72.4 Å². The molecule has 0 aliphatic carbocycles. The zero-order valence-corrected chi connectivity index (χ0v) is 14.5. The van der Waals surface area contributed by atoms with E-state index in [1.54, 1.807) is 24.5 Å². The van der Waals surface area contributed by atoms with Crippen molar-refractivity contribution < 1.29 is 19.1 Å². The number of oxazole rings is 1. The van der Waals surface area contributed by atoms with Gasteiger partial charge in [-0.2, -0.15) is 0 Å². The van der Waals surface area contributed by atoms with E-state index in [0.717, 1.165) is 11.1 Å². The van der Waals surface area contributed by atoms with E-state index >= 15 is 0 Å². The number of carbonyl (C=O) groups excluding carboxylic acids is 1. The van der Waals surface area contributed by atoms with Crippen LogP contribution >= 0.6 is 0 Å². The second-order valence-corrected chi connectivity index (χ2v) is 6.07. The van der Waals surface area contributed by atoms with Crippen molar-refractivity contribution >= 4 is 11.9 Å². The lowest BCUT2D eigenvalue weighted by molar-refractivity contribution is -0.137. The van der Waals surface area contributed by atoms with Crippen LogP contribution in [0.1, 0.15) is 23.6 Å². The molecule has 0 saturated heterocycles. The van der Waals surface area contributed by atoms with Crippen LogP contribution in [0.4, 0.5) is 0 Å². The van der Waals surface area contributed by atoms with Crippen LogP contribution in [0.5, 0.6) is 0 Å². The van der Waals surface area contributed by atoms with Crippen molar-refractivity contribution in [2.24, 2.45) is 0 Å². The third kappa shape index (κ3) is 5.24. The Balaban J connectivity index is 1.58. The van der Waals surface area contributed by atoms with Crippen LogP contribution in [0.15, 0.2) is 65.5 Å². The first-order valence-corrected chi connectivity index (χ1v) is 8.50. The minimum atomic E-state index is -0.921. The summed E-state index contributed by atoms with van der Waals surface area (Å²) >= 11 is 0. The van der Waals surface area contributed by atoms with E-state index < -0.39 is 5.97 Å². The molecular weight excluding hydrogens is 346 g/mol. The summed E-state index contributed by atoms with van der Waals surface area (Å²) in [6.45, 7) is 0.221. The van der Waals surface area contributed by atoms with Gasteiger partial charge in [0.1, 0.15) is 6.26 Å². The number of aliphatic carboxylic acids is 1. The predicted octanol–water partition coefficient (Wildman–Crippen LogP) is 2.65. The molecule has 0 aliphatic heterocycles. The Morgan fingerprint density at radius 2 is 1.85 bits per heavy atom. The van der Waals surface area contributed by atoms with Gasteiger partial charge in [0.05, 0.1) is 18.5 Å². The van der Waals surface area contributed by atoms with Gasteiger partial charge < -0.3 is 14.8 Å². The molecule has 7 heteroatoms. The van der Waals surface area contributed by atoms with E-state index in [1.165, 1.54) is 6.26 Å². The first-order valence-electron chi connectivity index (χ1n) is 8.50. The molecule has 2 N–H and O–H groups in total. The summed E-state index contributed by atoms with van der Waals surface area (Å²) in [6, 6.07) is 12.9. The molecule has 2 aromatic heterocycles. The summed E-state index contributed by atoms with van der Waals surface area (Å²) in [5.74, 6) is -1.03. The van der Waals surface area contributed by atoms with Gasteiger partial charge in [-0.3, -0.25) is 14.6 Å². The number of rotatable bonds is 8. The molecule has 0 bridgehead atoms. The Labute approximate surface area is 156 Å². The molecule has 1 aromatic carbocycles. The normalized spacial score (nSPS) is 11.7. The SMILES string of the molecule is O=C(O)CC(CNC(=O)Cc1coc(-c2ccccc2)n1)c1ccncc1. The number of carbonyl (C=O) groups is 2. The number of amides is 1. The Bertz CT molecular complexity index is 894. The fourth-order valence-electron chi connectivity index (χ4n) is 2.72. The van der Waals surface area contributed by atoms with E-state index in [1.807, 2.05) is 30.3 Å². The molecular formula is C20H19N3O4. The molecule has 0 spiro atoms. The Hall–Kier alpha value is -3.48. The van der Waals surface area contributed by atoms with Crippen molar-refractivity contribution in [1.29, 1.82) is 0 Å². The number of carboxylic acid groups (broad SMARTS) is 1. The van der Waals surface area contributed by atoms with E-state index in [9.17, 15) is 9.59 Å². The molecule has 3 rings (SSSR count). The van der Waals surface area contributed by atoms with Crippen molar-refractivity contribution in [1.82, 2.24) is 15.3 Å². The Morgan fingerprint density at radius 1 is 1.11 bits per heavy atom. The maximum absolute atomic E-state index is 12.2. The Morgan fingerprint density at radius 3 is 2.56 bits per heavy atom. The van der Waals surface area contributed by atoms with Gasteiger partial charge in [0.25, 0.3) is 0 Å². The van der Waals surface area contributed by atoms with Crippen molar-refractivity contribution in [2.75, 3.05) is 6.54 Å². The largest absolute Gasteiger partial charge is 0.481 e. The fourth-order valence-corrected chi connectivity index (χ4v) is 2.72. The quantitative estimate of drug-likeness (QED) is 0.636. The smallest absolute Gasteiger partial charge is 0.304 e. The van der Waals surface area contributed by atoms with Gasteiger partial charge in [-0.15, -0.1) is 0 Å². The second-order valence-electron chi connectivity index (χ2n) is 6.07. The minimum Gasteiger partial charge on any atom is -0.481 e. The lowest BCUT2D eigenvalue weighted by atomic mass is 9.96. The molecule has 2 heterocycles. The summed E-state index contributed by atoms with van der Waals surface area (Å²) in [5.41, 5.74) is 2.17. The van der Waals surface area contributed by atoms with Crippen LogP contribution in [-0.4, -0.2) is 33.5 Å². The van der Waals surface area contributed by atoms with Gasteiger partial charge in [0, 0.05) is 30.4 Å². The van der Waals surface area contributed by atoms with Crippen LogP contribution in [0.25, 0.3) is 11.5 Å². The standard InChI is InChI=1S/C20H19N3O4/c24-18(11-17-13-27-20(23-17)15-4-2-1-3-5-15)22-12-16(10-19(25)26)14-6-8-21-9-7-14/h1-9,13,16H,10-12H2,(H,22,24)(H,25,26). The average Bonchev–Trinajstić information content (AvgIpc) is 3.14. The van der Waals surface area contributed by atoms with Crippen LogP contribution in [0, 0.1) is 0 Å². The summed E-state index contributed by atoms with van der Waals surface area (Å²) < 4.78 is 5.42. The first kappa shape index (κ1) is 18.3. The lowest BCUT2D eigenvalue weighted by Crippen LogP contribution is -2.30. The third-order valence-electron chi connectivity index (χ3n) is 4.06. The molecule has 1 atom stereocenters. The molecule has 0 radical (unpaired) electrons. The molecule has 0 aliphatic rings. The fraction of sp³-hybridized carbons (Fsp3) is 0.200. The molecule has 0 fully saturated rings. The summed E-state index contributed by atoms with van der Waals surface area (Å²) in [5, 5.41) is 11.9. The summed E-state index contributed by atoms with van der Waals surface area (Å²) in [4.78, 5) is 31.6. The molecule has 138 valence electrons. The number of nitrogens with zero attached hydrogens (tertiary/aromatic N) is 2. The van der Waals surface area contributed by atoms with Crippen molar-refractivity contribution in [2.45, 2.75) is 18.8 Å². The van der Waals surface area contributed by atoms with Gasteiger partial charge in [0.2, 0.25) is 11.8 Å². The van der Waals surface area contributed by atoms with Gasteiger partial charge in [-0.05, 0) is 29.8 Å². The second kappa shape index (κ2) is 8.75. The Kier molecular flexibility index (Phi) is 5.94. The number of carboxylic acids is 1. The monoisotopic (exact) mass is 365 g/mol. The van der Waals surface area contributed by atoms with Gasteiger partial charge in [-0.1, -0.05) is 18.2 Å². The highest BCUT2D eigenvalue weighted by Gasteiger charge is 2.17. The molecule has 7 nitrogen and oxygen atoms in total. The van der Waals surface area contributed by atoms with Crippen LogP contribution in [0.2, 0.25) is 0 Å². The van der Waals surface area contributed by atoms with E-state index in [0.29, 0.717) is 11.6 Å². The van der Waals surface area contributed by atoms with E-state index in [-0.39, 0.29) is 31.2 Å². The van der Waals surface area contributed by atoms with Crippen molar-refractivity contribution in [3.8, 4) is 11.5 Å². The van der Waals surface area contributed by atoms with Crippen LogP contribution < -0.4 is 5.32 Å². The van der Waals surface area contributed by atoms with Crippen molar-refractivity contribution in [3.63, 3.8) is 0 Å². The first-order chi connectivity index (χ1) is 13.1. The lowest BCUT2D eigenvalue weighted by Gasteiger charge is -2.15. The van der Waals surface area contributed by atoms with Crippen LogP contribution in [-0.2, 0) is 16.0 Å². The zero-order chi connectivity index (χ0) is 19.1. The third-order valence-corrected chi connectivity index (χ3v) is 4.06. The molecule has 3 aromatic rings. The number of nitrogens with one attached hydrogen (secondary N) is 1. The van der Waals surface area contributed by atoms with E-state index in [4.69, 9.17) is 9.52 Å². The van der Waals surface area contributed by atoms with Gasteiger partial charge in [0.15, 0.2) is 0 Å². The number of pyridine rings is 1. The number of hydrogen-bond donors (Lipinski definition) is 2. The highest BCUT2D eigenvalue weighted by molar-refractivity contribution is 5.78. The highest BCUT2D eigenvalue weighted by Crippen LogP contribution is 2.19. The topological polar surface area (TPSA) is 105 Å². The summed E-state index contributed by atoms with van der Waals surface area (Å²) in [7, 11) is 0. The minimum absolute atomic E-state index is 0.0620.